The second-order valence-corrected chi connectivity index (χ2v) is 7.06. The van der Waals surface area contributed by atoms with Crippen molar-refractivity contribution in [2.24, 2.45) is 0 Å². The minimum absolute atomic E-state index is 0.284. The third kappa shape index (κ3) is 3.79. The SMILES string of the molecule is CCCCc1nc(Cl)nn1Cc1ccc(-n2c(Cl)ccc2-c2nn[nH]n2)cc1. The molecule has 0 aliphatic carbocycles. The normalized spacial score (nSPS) is 11.2. The number of aromatic amines is 1. The average Bonchev–Trinajstić information content (AvgIpc) is 3.41. The summed E-state index contributed by atoms with van der Waals surface area (Å²) in [4.78, 5) is 4.33. The molecule has 0 fully saturated rings. The Labute approximate surface area is 171 Å². The highest BCUT2D eigenvalue weighted by Crippen LogP contribution is 2.27. The van der Waals surface area contributed by atoms with E-state index in [1.807, 2.05) is 39.6 Å². The number of unbranched alkanes of at least 4 members (excludes halogenated alkanes) is 1. The summed E-state index contributed by atoms with van der Waals surface area (Å²) in [5.74, 6) is 1.39. The first kappa shape index (κ1) is 18.6. The Morgan fingerprint density at radius 2 is 1.89 bits per heavy atom. The maximum atomic E-state index is 6.38. The van der Waals surface area contributed by atoms with E-state index in [-0.39, 0.29) is 5.28 Å². The van der Waals surface area contributed by atoms with Crippen LogP contribution < -0.4 is 0 Å². The molecule has 0 saturated carbocycles. The fourth-order valence-electron chi connectivity index (χ4n) is 3.03. The quantitative estimate of drug-likeness (QED) is 0.492. The molecule has 0 unspecified atom stereocenters. The number of nitrogens with one attached hydrogen (secondary N) is 1. The molecular formula is C18H18Cl2N8. The van der Waals surface area contributed by atoms with Crippen LogP contribution in [0.5, 0.6) is 0 Å². The first-order valence-corrected chi connectivity index (χ1v) is 9.71. The summed E-state index contributed by atoms with van der Waals surface area (Å²) < 4.78 is 3.73. The third-order valence-corrected chi connectivity index (χ3v) is 4.87. The largest absolute Gasteiger partial charge is 0.297 e. The first-order chi connectivity index (χ1) is 13.7. The first-order valence-electron chi connectivity index (χ1n) is 8.95. The van der Waals surface area contributed by atoms with Crippen LogP contribution in [0.3, 0.4) is 0 Å². The lowest BCUT2D eigenvalue weighted by molar-refractivity contribution is 0.618. The number of rotatable bonds is 7. The van der Waals surface area contributed by atoms with E-state index in [9.17, 15) is 0 Å². The second-order valence-electron chi connectivity index (χ2n) is 6.34. The molecule has 4 rings (SSSR count). The van der Waals surface area contributed by atoms with Gasteiger partial charge in [-0.25, -0.2) is 9.67 Å². The van der Waals surface area contributed by atoms with Gasteiger partial charge in [-0.1, -0.05) is 37.1 Å². The van der Waals surface area contributed by atoms with Crippen LogP contribution in [0.4, 0.5) is 0 Å². The highest BCUT2D eigenvalue weighted by atomic mass is 35.5. The van der Waals surface area contributed by atoms with Crippen molar-refractivity contribution >= 4 is 23.2 Å². The van der Waals surface area contributed by atoms with Gasteiger partial charge in [-0.15, -0.1) is 15.3 Å². The van der Waals surface area contributed by atoms with Crippen molar-refractivity contribution in [2.75, 3.05) is 0 Å². The Balaban J connectivity index is 1.59. The molecule has 10 heteroatoms. The molecule has 0 aliphatic heterocycles. The van der Waals surface area contributed by atoms with Gasteiger partial charge in [0.05, 0.1) is 12.2 Å². The fraction of sp³-hybridized carbons (Fsp3) is 0.278. The molecule has 1 aromatic carbocycles. The molecule has 0 radical (unpaired) electrons. The number of benzene rings is 1. The minimum atomic E-state index is 0.284. The molecule has 0 aliphatic rings. The van der Waals surface area contributed by atoms with E-state index < -0.39 is 0 Å². The number of aromatic nitrogens is 8. The summed E-state index contributed by atoms with van der Waals surface area (Å²) in [5.41, 5.74) is 2.75. The van der Waals surface area contributed by atoms with E-state index in [1.165, 1.54) is 0 Å². The molecule has 0 bridgehead atoms. The lowest BCUT2D eigenvalue weighted by atomic mass is 10.2. The van der Waals surface area contributed by atoms with Gasteiger partial charge in [0.15, 0.2) is 0 Å². The number of hydrogen-bond donors (Lipinski definition) is 1. The standard InChI is InChI=1S/C18H18Cl2N8/c1-2-3-4-16-21-18(20)24-27(16)11-12-5-7-13(8-6-12)28-14(9-10-15(28)19)17-22-25-26-23-17/h5-10H,2-4,11H2,1H3,(H,22,23,25,26). The number of aryl methyl sites for hydroxylation is 1. The molecule has 4 aromatic rings. The zero-order chi connectivity index (χ0) is 19.5. The van der Waals surface area contributed by atoms with Gasteiger partial charge < -0.3 is 0 Å². The molecule has 144 valence electrons. The van der Waals surface area contributed by atoms with Crippen LogP contribution >= 0.6 is 23.2 Å². The summed E-state index contributed by atoms with van der Waals surface area (Å²) in [5, 5.41) is 19.3. The summed E-state index contributed by atoms with van der Waals surface area (Å²) >= 11 is 12.4. The van der Waals surface area contributed by atoms with Gasteiger partial charge in [0.2, 0.25) is 11.1 Å². The van der Waals surface area contributed by atoms with E-state index in [0.717, 1.165) is 42.0 Å². The van der Waals surface area contributed by atoms with Crippen molar-refractivity contribution in [2.45, 2.75) is 32.7 Å². The van der Waals surface area contributed by atoms with Gasteiger partial charge in [0.25, 0.3) is 0 Å². The van der Waals surface area contributed by atoms with Crippen molar-refractivity contribution in [1.29, 1.82) is 0 Å². The Hall–Kier alpha value is -2.71. The molecule has 1 N–H and O–H groups in total. The third-order valence-electron chi connectivity index (χ3n) is 4.41. The van der Waals surface area contributed by atoms with Crippen molar-refractivity contribution in [3.63, 3.8) is 0 Å². The Morgan fingerprint density at radius 1 is 1.07 bits per heavy atom. The number of hydrogen-bond acceptors (Lipinski definition) is 5. The molecule has 0 amide bonds. The molecular weight excluding hydrogens is 399 g/mol. The zero-order valence-corrected chi connectivity index (χ0v) is 16.7. The summed E-state index contributed by atoms with van der Waals surface area (Å²) in [6.07, 6.45) is 3.01. The zero-order valence-electron chi connectivity index (χ0n) is 15.2. The van der Waals surface area contributed by atoms with Crippen molar-refractivity contribution in [3.05, 3.63) is 58.2 Å². The summed E-state index contributed by atoms with van der Waals surface area (Å²) in [7, 11) is 0. The number of H-pyrrole nitrogens is 1. The molecule has 0 saturated heterocycles. The van der Waals surface area contributed by atoms with Gasteiger partial charge >= 0.3 is 0 Å². The van der Waals surface area contributed by atoms with Crippen molar-refractivity contribution in [3.8, 4) is 17.2 Å². The highest BCUT2D eigenvalue weighted by molar-refractivity contribution is 6.30. The van der Waals surface area contributed by atoms with Crippen molar-refractivity contribution < 1.29 is 0 Å². The smallest absolute Gasteiger partial charge is 0.242 e. The van der Waals surface area contributed by atoms with E-state index >= 15 is 0 Å². The van der Waals surface area contributed by atoms with Gasteiger partial charge in [0.1, 0.15) is 11.0 Å². The number of tetrazole rings is 1. The molecule has 3 aromatic heterocycles. The van der Waals surface area contributed by atoms with Gasteiger partial charge in [-0.05, 0) is 53.1 Å². The average molecular weight is 417 g/mol. The Bertz CT molecular complexity index is 1050. The topological polar surface area (TPSA) is 90.1 Å². The predicted octanol–water partition coefficient (Wildman–Crippen LogP) is 3.95. The fourth-order valence-corrected chi connectivity index (χ4v) is 3.47. The maximum Gasteiger partial charge on any atom is 0.242 e. The lowest BCUT2D eigenvalue weighted by Crippen LogP contribution is -2.07. The van der Waals surface area contributed by atoms with Gasteiger partial charge in [-0.2, -0.15) is 5.21 Å². The Kier molecular flexibility index (Phi) is 5.40. The van der Waals surface area contributed by atoms with E-state index in [2.05, 4.69) is 37.6 Å². The predicted molar refractivity (Wildman–Crippen MR) is 107 cm³/mol. The lowest BCUT2D eigenvalue weighted by Gasteiger charge is -2.10. The van der Waals surface area contributed by atoms with E-state index in [1.54, 1.807) is 6.07 Å². The second kappa shape index (κ2) is 8.12. The maximum absolute atomic E-state index is 6.38. The summed E-state index contributed by atoms with van der Waals surface area (Å²) in [6, 6.07) is 11.7. The molecule has 28 heavy (non-hydrogen) atoms. The summed E-state index contributed by atoms with van der Waals surface area (Å²) in [6.45, 7) is 2.76. The molecule has 8 nitrogen and oxygen atoms in total. The van der Waals surface area contributed by atoms with E-state index in [0.29, 0.717) is 17.5 Å². The van der Waals surface area contributed by atoms with Crippen LogP contribution in [0.15, 0.2) is 36.4 Å². The van der Waals surface area contributed by atoms with Crippen LogP contribution in [-0.4, -0.2) is 40.0 Å². The van der Waals surface area contributed by atoms with E-state index in [4.69, 9.17) is 23.2 Å². The molecule has 3 heterocycles. The van der Waals surface area contributed by atoms with Crippen LogP contribution in [0.1, 0.15) is 31.2 Å². The van der Waals surface area contributed by atoms with Crippen LogP contribution in [0.2, 0.25) is 10.4 Å². The Morgan fingerprint density at radius 3 is 2.61 bits per heavy atom. The highest BCUT2D eigenvalue weighted by Gasteiger charge is 2.14. The van der Waals surface area contributed by atoms with Crippen LogP contribution in [-0.2, 0) is 13.0 Å². The molecule has 0 atom stereocenters. The van der Waals surface area contributed by atoms with Gasteiger partial charge in [0, 0.05) is 12.1 Å². The van der Waals surface area contributed by atoms with Gasteiger partial charge in [-0.3, -0.25) is 4.57 Å². The number of halogens is 2. The number of nitrogens with zero attached hydrogens (tertiary/aromatic N) is 7. The molecule has 0 spiro atoms. The minimum Gasteiger partial charge on any atom is -0.297 e. The van der Waals surface area contributed by atoms with Crippen LogP contribution in [0.25, 0.3) is 17.2 Å². The van der Waals surface area contributed by atoms with Crippen LogP contribution in [0, 0.1) is 0 Å². The monoisotopic (exact) mass is 416 g/mol. The van der Waals surface area contributed by atoms with Crippen molar-refractivity contribution in [1.82, 2.24) is 40.0 Å².